The second-order valence-corrected chi connectivity index (χ2v) is 11.1. The molecule has 4 N–H and O–H groups in total. The summed E-state index contributed by atoms with van der Waals surface area (Å²) in [6.45, 7) is 2.36. The van der Waals surface area contributed by atoms with E-state index in [0.717, 1.165) is 37.8 Å². The van der Waals surface area contributed by atoms with Gasteiger partial charge in [-0.3, -0.25) is 19.4 Å². The molecular weight excluding hydrogens is 540 g/mol. The van der Waals surface area contributed by atoms with Crippen LogP contribution in [0.5, 0.6) is 0 Å². The first kappa shape index (κ1) is 28.6. The van der Waals surface area contributed by atoms with Gasteiger partial charge in [-0.15, -0.1) is 0 Å². The second kappa shape index (κ2) is 13.1. The van der Waals surface area contributed by atoms with E-state index in [1.165, 1.54) is 6.20 Å². The van der Waals surface area contributed by atoms with E-state index in [2.05, 4.69) is 20.5 Å². The number of benzene rings is 2. The molecule has 2 heterocycles. The Morgan fingerprint density at radius 2 is 1.66 bits per heavy atom. The summed E-state index contributed by atoms with van der Waals surface area (Å²) in [5, 5.41) is 6.66. The lowest BCUT2D eigenvalue weighted by atomic mass is 9.91. The summed E-state index contributed by atoms with van der Waals surface area (Å²) in [6.07, 6.45) is 7.35. The van der Waals surface area contributed by atoms with Crippen LogP contribution in [0.3, 0.4) is 0 Å². The third kappa shape index (κ3) is 7.23. The van der Waals surface area contributed by atoms with E-state index in [-0.39, 0.29) is 29.8 Å². The fourth-order valence-corrected chi connectivity index (χ4v) is 5.63. The topological polar surface area (TPSA) is 121 Å². The summed E-state index contributed by atoms with van der Waals surface area (Å²) >= 11 is 6.11. The van der Waals surface area contributed by atoms with E-state index in [0.29, 0.717) is 53.6 Å². The molecule has 3 aromatic rings. The Morgan fingerprint density at radius 3 is 2.41 bits per heavy atom. The molecule has 41 heavy (non-hydrogen) atoms. The molecule has 2 aliphatic rings. The highest BCUT2D eigenvalue weighted by molar-refractivity contribution is 6.31. The van der Waals surface area contributed by atoms with E-state index in [9.17, 15) is 14.4 Å². The van der Waals surface area contributed by atoms with Gasteiger partial charge in [-0.05, 0) is 80.6 Å². The van der Waals surface area contributed by atoms with Crippen LogP contribution in [0, 0.1) is 0 Å². The zero-order valence-corrected chi connectivity index (χ0v) is 23.6. The van der Waals surface area contributed by atoms with Crippen LogP contribution in [0.2, 0.25) is 5.02 Å². The second-order valence-electron chi connectivity index (χ2n) is 10.7. The van der Waals surface area contributed by atoms with Crippen molar-refractivity contribution in [2.75, 3.05) is 36.4 Å². The third-order valence-electron chi connectivity index (χ3n) is 7.73. The van der Waals surface area contributed by atoms with Crippen LogP contribution in [-0.4, -0.2) is 65.9 Å². The van der Waals surface area contributed by atoms with E-state index < -0.39 is 0 Å². The summed E-state index contributed by atoms with van der Waals surface area (Å²) in [7, 11) is 0. The van der Waals surface area contributed by atoms with Gasteiger partial charge >= 0.3 is 0 Å². The largest absolute Gasteiger partial charge is 0.368 e. The number of carbonyl (C=O) groups is 3. The van der Waals surface area contributed by atoms with Crippen molar-refractivity contribution in [2.24, 2.45) is 5.73 Å². The number of nitrogens with one attached hydrogen (secondary N) is 2. The molecule has 3 amide bonds. The summed E-state index contributed by atoms with van der Waals surface area (Å²) in [6, 6.07) is 16.1. The van der Waals surface area contributed by atoms with Crippen molar-refractivity contribution < 1.29 is 14.4 Å². The van der Waals surface area contributed by atoms with Crippen molar-refractivity contribution in [2.45, 2.75) is 44.2 Å². The van der Waals surface area contributed by atoms with Crippen molar-refractivity contribution in [3.8, 4) is 0 Å². The molecule has 1 saturated heterocycles. The average Bonchev–Trinajstić information content (AvgIpc) is 3.25. The SMILES string of the molecule is NC1CCC(NC(=O)c2ccc(N3CCCN(C(=O)c4cccc(Cl)c4)CC3)c(NC(=O)c3cccnc3)c2)CC1. The molecule has 1 saturated carbocycles. The summed E-state index contributed by atoms with van der Waals surface area (Å²) in [4.78, 5) is 47.5. The van der Waals surface area contributed by atoms with Crippen LogP contribution < -0.4 is 21.3 Å². The van der Waals surface area contributed by atoms with Crippen molar-refractivity contribution in [1.82, 2.24) is 15.2 Å². The van der Waals surface area contributed by atoms with Crippen molar-refractivity contribution in [1.29, 1.82) is 0 Å². The molecule has 2 fully saturated rings. The number of amides is 3. The predicted octanol–water partition coefficient (Wildman–Crippen LogP) is 4.34. The number of hydrogen-bond donors (Lipinski definition) is 3. The number of pyridine rings is 1. The Hall–Kier alpha value is -3.95. The van der Waals surface area contributed by atoms with Gasteiger partial charge in [0.05, 0.1) is 16.9 Å². The van der Waals surface area contributed by atoms with E-state index >= 15 is 0 Å². The quantitative estimate of drug-likeness (QED) is 0.403. The van der Waals surface area contributed by atoms with Gasteiger partial charge in [0, 0.05) is 66.8 Å². The maximum Gasteiger partial charge on any atom is 0.257 e. The molecular formula is C31H35ClN6O3. The van der Waals surface area contributed by atoms with Crippen molar-refractivity contribution in [3.63, 3.8) is 0 Å². The monoisotopic (exact) mass is 574 g/mol. The minimum Gasteiger partial charge on any atom is -0.368 e. The normalized spacial score (nSPS) is 19.3. The van der Waals surface area contributed by atoms with Crippen LogP contribution in [-0.2, 0) is 0 Å². The van der Waals surface area contributed by atoms with Crippen LogP contribution in [0.15, 0.2) is 67.0 Å². The number of nitrogens with zero attached hydrogens (tertiary/aromatic N) is 3. The van der Waals surface area contributed by atoms with Gasteiger partial charge in [-0.2, -0.15) is 0 Å². The van der Waals surface area contributed by atoms with Gasteiger partial charge in [0.2, 0.25) is 0 Å². The number of nitrogens with two attached hydrogens (primary N) is 1. The molecule has 1 aromatic heterocycles. The van der Waals surface area contributed by atoms with Gasteiger partial charge in [0.1, 0.15) is 0 Å². The first-order valence-corrected chi connectivity index (χ1v) is 14.5. The molecule has 5 rings (SSSR count). The molecule has 0 bridgehead atoms. The highest BCUT2D eigenvalue weighted by atomic mass is 35.5. The third-order valence-corrected chi connectivity index (χ3v) is 7.97. The van der Waals surface area contributed by atoms with Gasteiger partial charge < -0.3 is 26.2 Å². The molecule has 2 aromatic carbocycles. The standard InChI is InChI=1S/C31H35ClN6O3/c32-24-6-1-4-22(18-24)31(41)38-15-3-14-37(16-17-38)28-12-7-21(29(39)35-26-10-8-25(33)9-11-26)19-27(28)36-30(40)23-5-2-13-34-20-23/h1-2,4-7,12-13,18-20,25-26H,3,8-11,14-17,33H2,(H,35,39)(H,36,40). The summed E-state index contributed by atoms with van der Waals surface area (Å²) in [5.41, 5.74) is 8.80. The van der Waals surface area contributed by atoms with E-state index in [1.54, 1.807) is 54.7 Å². The fraction of sp³-hybridized carbons (Fsp3) is 0.355. The molecule has 1 aliphatic carbocycles. The number of hydrogen-bond acceptors (Lipinski definition) is 6. The molecule has 0 atom stereocenters. The Morgan fingerprint density at radius 1 is 0.854 bits per heavy atom. The average molecular weight is 575 g/mol. The maximum absolute atomic E-state index is 13.2. The van der Waals surface area contributed by atoms with Gasteiger partial charge in [-0.25, -0.2) is 0 Å². The summed E-state index contributed by atoms with van der Waals surface area (Å²) < 4.78 is 0. The molecule has 214 valence electrons. The summed E-state index contributed by atoms with van der Waals surface area (Å²) in [5.74, 6) is -0.552. The Kier molecular flexibility index (Phi) is 9.16. The smallest absolute Gasteiger partial charge is 0.257 e. The van der Waals surface area contributed by atoms with E-state index in [1.807, 2.05) is 11.0 Å². The lowest BCUT2D eigenvalue weighted by Crippen LogP contribution is -2.40. The van der Waals surface area contributed by atoms with Crippen molar-refractivity contribution >= 4 is 40.7 Å². The van der Waals surface area contributed by atoms with Gasteiger partial charge in [0.25, 0.3) is 17.7 Å². The number of halogens is 1. The van der Waals surface area contributed by atoms with Crippen molar-refractivity contribution in [3.05, 3.63) is 88.7 Å². The Balaban J connectivity index is 1.35. The zero-order valence-electron chi connectivity index (χ0n) is 22.9. The molecule has 9 nitrogen and oxygen atoms in total. The molecule has 10 heteroatoms. The molecule has 0 spiro atoms. The van der Waals surface area contributed by atoms with Crippen LogP contribution in [0.4, 0.5) is 11.4 Å². The zero-order chi connectivity index (χ0) is 28.8. The molecule has 1 aliphatic heterocycles. The van der Waals surface area contributed by atoms with Crippen LogP contribution in [0.25, 0.3) is 0 Å². The Labute approximate surface area is 245 Å². The minimum atomic E-state index is -0.314. The van der Waals surface area contributed by atoms with Gasteiger partial charge in [-0.1, -0.05) is 17.7 Å². The van der Waals surface area contributed by atoms with E-state index in [4.69, 9.17) is 17.3 Å². The van der Waals surface area contributed by atoms with Crippen LogP contribution >= 0.6 is 11.6 Å². The first-order chi connectivity index (χ1) is 19.9. The highest BCUT2D eigenvalue weighted by Gasteiger charge is 2.25. The minimum absolute atomic E-state index is 0.0601. The highest BCUT2D eigenvalue weighted by Crippen LogP contribution is 2.30. The number of aromatic nitrogens is 1. The molecule has 0 radical (unpaired) electrons. The fourth-order valence-electron chi connectivity index (χ4n) is 5.44. The van der Waals surface area contributed by atoms with Gasteiger partial charge in [0.15, 0.2) is 0 Å². The lowest BCUT2D eigenvalue weighted by molar-refractivity contribution is 0.0766. The number of rotatable bonds is 6. The number of carbonyl (C=O) groups excluding carboxylic acids is 3. The number of anilines is 2. The van der Waals surface area contributed by atoms with Crippen LogP contribution in [0.1, 0.15) is 63.2 Å². The maximum atomic E-state index is 13.2. The first-order valence-electron chi connectivity index (χ1n) is 14.1. The Bertz CT molecular complexity index is 1390. The predicted molar refractivity (Wildman–Crippen MR) is 161 cm³/mol. The molecule has 0 unspecified atom stereocenters. The lowest BCUT2D eigenvalue weighted by Gasteiger charge is -2.28.